The Balaban J connectivity index is 1.09. The lowest BCUT2D eigenvalue weighted by atomic mass is 9.89. The molecule has 6 heteroatoms. The van der Waals surface area contributed by atoms with Crippen molar-refractivity contribution in [3.8, 4) is 62.1 Å². The molecule has 3 heterocycles. The van der Waals surface area contributed by atoms with Gasteiger partial charge in [0.05, 0.1) is 30.0 Å². The molecular weight excluding hydrogens is 629 g/mol. The molecule has 0 aliphatic heterocycles. The number of hydrogen-bond donors (Lipinski definition) is 0. The highest BCUT2D eigenvalue weighted by Crippen LogP contribution is 2.40. The largest absolute Gasteiger partial charge is 0.497 e. The molecule has 0 unspecified atom stereocenters. The van der Waals surface area contributed by atoms with E-state index in [1.165, 1.54) is 0 Å². The van der Waals surface area contributed by atoms with Crippen LogP contribution in [0.4, 0.5) is 0 Å². The number of rotatable bonds is 8. The van der Waals surface area contributed by atoms with Gasteiger partial charge in [0.25, 0.3) is 0 Å². The number of nitrogens with zero attached hydrogens (tertiary/aromatic N) is 4. The minimum absolute atomic E-state index is 0.709. The third-order valence-corrected chi connectivity index (χ3v) is 9.25. The number of fused-ring (bicyclic) bond motifs is 3. The standard InChI is InChI=1S/C45H32N4O2/c1-50-35-24-25-46-44(28-35)49-42-21-9-8-18-40(42)41-23-22-37(27-43(41)49)51-36-17-10-16-34(26-36)48-30-33(29-47-48)45-38(31-12-4-2-5-13-31)19-11-20-39(45)32-14-6-3-7-15-32/h2-30H,1H3. The Hall–Kier alpha value is -6.92. The Morgan fingerprint density at radius 3 is 1.98 bits per heavy atom. The van der Waals surface area contributed by atoms with Crippen LogP contribution in [-0.4, -0.2) is 26.4 Å². The highest BCUT2D eigenvalue weighted by Gasteiger charge is 2.17. The van der Waals surface area contributed by atoms with E-state index in [1.54, 1.807) is 13.3 Å². The van der Waals surface area contributed by atoms with Crippen molar-refractivity contribution >= 4 is 21.8 Å². The van der Waals surface area contributed by atoms with Crippen LogP contribution in [-0.2, 0) is 0 Å². The first kappa shape index (κ1) is 30.2. The van der Waals surface area contributed by atoms with Gasteiger partial charge in [0.2, 0.25) is 0 Å². The van der Waals surface area contributed by atoms with Crippen LogP contribution in [0, 0.1) is 0 Å². The van der Waals surface area contributed by atoms with E-state index in [9.17, 15) is 0 Å². The maximum atomic E-state index is 6.53. The number of ether oxygens (including phenoxy) is 2. The summed E-state index contributed by atoms with van der Waals surface area (Å²) >= 11 is 0. The van der Waals surface area contributed by atoms with Gasteiger partial charge in [-0.2, -0.15) is 5.10 Å². The summed E-state index contributed by atoms with van der Waals surface area (Å²) in [6, 6.07) is 53.9. The zero-order valence-electron chi connectivity index (χ0n) is 27.8. The Morgan fingerprint density at radius 2 is 1.22 bits per heavy atom. The lowest BCUT2D eigenvalue weighted by molar-refractivity contribution is 0.414. The van der Waals surface area contributed by atoms with E-state index in [-0.39, 0.29) is 0 Å². The summed E-state index contributed by atoms with van der Waals surface area (Å²) in [7, 11) is 1.67. The summed E-state index contributed by atoms with van der Waals surface area (Å²) in [5, 5.41) is 7.11. The first-order valence-corrected chi connectivity index (χ1v) is 16.8. The van der Waals surface area contributed by atoms with Gasteiger partial charge in [0.15, 0.2) is 0 Å². The number of benzene rings is 6. The Bertz CT molecular complexity index is 2600. The molecule has 0 atom stereocenters. The van der Waals surface area contributed by atoms with Gasteiger partial charge >= 0.3 is 0 Å². The molecule has 9 aromatic rings. The number of pyridine rings is 1. The van der Waals surface area contributed by atoms with Gasteiger partial charge in [-0.3, -0.25) is 4.57 Å². The van der Waals surface area contributed by atoms with Crippen LogP contribution in [0.15, 0.2) is 176 Å². The molecular formula is C45H32N4O2. The first-order valence-electron chi connectivity index (χ1n) is 16.8. The number of methoxy groups -OCH3 is 1. The van der Waals surface area contributed by atoms with Gasteiger partial charge in [-0.15, -0.1) is 0 Å². The molecule has 0 saturated heterocycles. The molecule has 0 aliphatic carbocycles. The third-order valence-electron chi connectivity index (χ3n) is 9.25. The minimum atomic E-state index is 0.709. The topological polar surface area (TPSA) is 54.1 Å². The van der Waals surface area contributed by atoms with E-state index >= 15 is 0 Å². The quantitative estimate of drug-likeness (QED) is 0.163. The molecule has 3 aromatic heterocycles. The number of hydrogen-bond acceptors (Lipinski definition) is 4. The van der Waals surface area contributed by atoms with Crippen molar-refractivity contribution in [3.05, 3.63) is 176 Å². The van der Waals surface area contributed by atoms with E-state index in [0.29, 0.717) is 5.75 Å². The average molecular weight is 661 g/mol. The number of para-hydroxylation sites is 1. The van der Waals surface area contributed by atoms with Crippen molar-refractivity contribution in [1.82, 2.24) is 19.3 Å². The fraction of sp³-hybridized carbons (Fsp3) is 0.0222. The second-order valence-corrected chi connectivity index (χ2v) is 12.3. The maximum Gasteiger partial charge on any atom is 0.141 e. The zero-order chi connectivity index (χ0) is 34.1. The highest BCUT2D eigenvalue weighted by atomic mass is 16.5. The predicted molar refractivity (Wildman–Crippen MR) is 205 cm³/mol. The monoisotopic (exact) mass is 660 g/mol. The Labute approximate surface area is 295 Å². The molecule has 9 rings (SSSR count). The molecule has 0 spiro atoms. The van der Waals surface area contributed by atoms with Crippen LogP contribution in [0.3, 0.4) is 0 Å². The molecule has 0 bridgehead atoms. The minimum Gasteiger partial charge on any atom is -0.497 e. The Morgan fingerprint density at radius 1 is 0.529 bits per heavy atom. The molecule has 244 valence electrons. The van der Waals surface area contributed by atoms with E-state index in [4.69, 9.17) is 19.6 Å². The van der Waals surface area contributed by atoms with Crippen molar-refractivity contribution in [3.63, 3.8) is 0 Å². The lowest BCUT2D eigenvalue weighted by Gasteiger charge is -2.15. The van der Waals surface area contributed by atoms with Crippen LogP contribution in [0.5, 0.6) is 17.2 Å². The SMILES string of the molecule is COc1ccnc(-n2c3ccccc3c3ccc(Oc4cccc(-n5cc(-c6c(-c7ccccc7)cccc6-c6ccccc6)cn5)c4)cc32)c1. The first-order chi connectivity index (χ1) is 25.2. The van der Waals surface area contributed by atoms with Crippen LogP contribution in [0.1, 0.15) is 0 Å². The molecule has 6 aromatic carbocycles. The Kier molecular flexibility index (Phi) is 7.59. The fourth-order valence-corrected chi connectivity index (χ4v) is 6.91. The van der Waals surface area contributed by atoms with Gasteiger partial charge < -0.3 is 9.47 Å². The van der Waals surface area contributed by atoms with Gasteiger partial charge in [-0.1, -0.05) is 103 Å². The van der Waals surface area contributed by atoms with Crippen LogP contribution in [0.25, 0.3) is 66.7 Å². The summed E-state index contributed by atoms with van der Waals surface area (Å²) in [6.45, 7) is 0. The lowest BCUT2D eigenvalue weighted by Crippen LogP contribution is -1.98. The fourth-order valence-electron chi connectivity index (χ4n) is 6.91. The van der Waals surface area contributed by atoms with E-state index in [1.807, 2.05) is 71.5 Å². The smallest absolute Gasteiger partial charge is 0.141 e. The van der Waals surface area contributed by atoms with Gasteiger partial charge in [-0.05, 0) is 58.7 Å². The van der Waals surface area contributed by atoms with E-state index in [2.05, 4.69) is 108 Å². The molecule has 0 aliphatic rings. The second-order valence-electron chi connectivity index (χ2n) is 12.3. The van der Waals surface area contributed by atoms with Crippen LogP contribution >= 0.6 is 0 Å². The van der Waals surface area contributed by atoms with Gasteiger partial charge in [-0.25, -0.2) is 9.67 Å². The number of aromatic nitrogens is 4. The van der Waals surface area contributed by atoms with Gasteiger partial charge in [0, 0.05) is 52.5 Å². The summed E-state index contributed by atoms with van der Waals surface area (Å²) in [6.07, 6.45) is 5.81. The van der Waals surface area contributed by atoms with Crippen molar-refractivity contribution < 1.29 is 9.47 Å². The second kappa shape index (κ2) is 12.8. The zero-order valence-corrected chi connectivity index (χ0v) is 27.8. The summed E-state index contributed by atoms with van der Waals surface area (Å²) < 4.78 is 16.1. The molecule has 0 saturated carbocycles. The average Bonchev–Trinajstić information content (AvgIpc) is 3.82. The van der Waals surface area contributed by atoms with Crippen LogP contribution < -0.4 is 9.47 Å². The maximum absolute atomic E-state index is 6.53. The predicted octanol–water partition coefficient (Wildman–Crippen LogP) is 11.2. The summed E-state index contributed by atoms with van der Waals surface area (Å²) in [5.41, 5.74) is 9.76. The third kappa shape index (κ3) is 5.59. The van der Waals surface area contributed by atoms with Crippen molar-refractivity contribution in [2.24, 2.45) is 0 Å². The molecule has 0 amide bonds. The summed E-state index contributed by atoms with van der Waals surface area (Å²) in [5.74, 6) is 2.95. The molecule has 0 N–H and O–H groups in total. The molecule has 0 radical (unpaired) electrons. The molecule has 6 nitrogen and oxygen atoms in total. The highest BCUT2D eigenvalue weighted by molar-refractivity contribution is 6.09. The van der Waals surface area contributed by atoms with Crippen molar-refractivity contribution in [2.75, 3.05) is 7.11 Å². The van der Waals surface area contributed by atoms with Crippen LogP contribution in [0.2, 0.25) is 0 Å². The van der Waals surface area contributed by atoms with E-state index < -0.39 is 0 Å². The van der Waals surface area contributed by atoms with Crippen molar-refractivity contribution in [2.45, 2.75) is 0 Å². The normalized spacial score (nSPS) is 11.2. The molecule has 0 fully saturated rings. The van der Waals surface area contributed by atoms with Crippen molar-refractivity contribution in [1.29, 1.82) is 0 Å². The van der Waals surface area contributed by atoms with Gasteiger partial charge in [0.1, 0.15) is 23.1 Å². The van der Waals surface area contributed by atoms with E-state index in [0.717, 1.165) is 78.2 Å². The summed E-state index contributed by atoms with van der Waals surface area (Å²) in [4.78, 5) is 4.69. The molecule has 51 heavy (non-hydrogen) atoms.